The van der Waals surface area contributed by atoms with Gasteiger partial charge in [-0.05, 0) is 42.3 Å². The van der Waals surface area contributed by atoms with Crippen LogP contribution in [0.3, 0.4) is 0 Å². The molecule has 5 nitrogen and oxygen atoms in total. The fourth-order valence-electron chi connectivity index (χ4n) is 2.68. The molecule has 0 radical (unpaired) electrons. The molecule has 0 bridgehead atoms. The molecule has 0 fully saturated rings. The summed E-state index contributed by atoms with van der Waals surface area (Å²) in [7, 11) is 1.72. The Morgan fingerprint density at radius 3 is 2.88 bits per heavy atom. The SMILES string of the molecule is CC(c1c[nH]c2c(F)cccc12)N(C)C(=O)C=Cc1ccc(N)nc1. The van der Waals surface area contributed by atoms with Gasteiger partial charge in [-0.1, -0.05) is 12.1 Å². The van der Waals surface area contributed by atoms with E-state index in [4.69, 9.17) is 5.73 Å². The van der Waals surface area contributed by atoms with Crippen molar-refractivity contribution in [2.75, 3.05) is 12.8 Å². The maximum absolute atomic E-state index is 13.8. The maximum atomic E-state index is 13.8. The Morgan fingerprint density at radius 2 is 2.16 bits per heavy atom. The molecule has 2 heterocycles. The van der Waals surface area contributed by atoms with E-state index in [1.165, 1.54) is 12.1 Å². The van der Waals surface area contributed by atoms with Crippen LogP contribution in [0.2, 0.25) is 0 Å². The van der Waals surface area contributed by atoms with Gasteiger partial charge in [-0.2, -0.15) is 0 Å². The van der Waals surface area contributed by atoms with E-state index in [2.05, 4.69) is 9.97 Å². The van der Waals surface area contributed by atoms with E-state index in [0.717, 1.165) is 16.5 Å². The number of amides is 1. The molecule has 1 amide bonds. The number of nitrogen functional groups attached to an aromatic ring is 1. The maximum Gasteiger partial charge on any atom is 0.246 e. The van der Waals surface area contributed by atoms with Crippen molar-refractivity contribution in [2.45, 2.75) is 13.0 Å². The van der Waals surface area contributed by atoms with Crippen LogP contribution in [0, 0.1) is 5.82 Å². The Labute approximate surface area is 145 Å². The molecule has 2 aromatic heterocycles. The van der Waals surface area contributed by atoms with Gasteiger partial charge in [-0.15, -0.1) is 0 Å². The van der Waals surface area contributed by atoms with Gasteiger partial charge in [0.15, 0.2) is 0 Å². The quantitative estimate of drug-likeness (QED) is 0.715. The minimum atomic E-state index is -0.305. The summed E-state index contributed by atoms with van der Waals surface area (Å²) >= 11 is 0. The number of likely N-dealkylation sites (N-methyl/N-ethyl adjacent to an activating group) is 1. The van der Waals surface area contributed by atoms with Gasteiger partial charge in [0.2, 0.25) is 5.91 Å². The number of aromatic amines is 1. The largest absolute Gasteiger partial charge is 0.384 e. The van der Waals surface area contributed by atoms with Crippen LogP contribution in [0.5, 0.6) is 0 Å². The van der Waals surface area contributed by atoms with Gasteiger partial charge in [0.05, 0.1) is 11.6 Å². The van der Waals surface area contributed by atoms with Gasteiger partial charge in [-0.25, -0.2) is 9.37 Å². The molecule has 6 heteroatoms. The Bertz CT molecular complexity index is 930. The molecule has 1 unspecified atom stereocenters. The van der Waals surface area contributed by atoms with Crippen molar-refractivity contribution in [3.63, 3.8) is 0 Å². The smallest absolute Gasteiger partial charge is 0.246 e. The lowest BCUT2D eigenvalue weighted by Crippen LogP contribution is -2.27. The van der Waals surface area contributed by atoms with Gasteiger partial charge in [0.1, 0.15) is 11.6 Å². The topological polar surface area (TPSA) is 75.0 Å². The molecule has 0 aliphatic rings. The summed E-state index contributed by atoms with van der Waals surface area (Å²) in [6, 6.07) is 8.17. The summed E-state index contributed by atoms with van der Waals surface area (Å²) in [5.74, 6) is -0.0310. The Kier molecular flexibility index (Phi) is 4.52. The standard InChI is InChI=1S/C19H19FN4O/c1-12(15-11-23-19-14(15)4-3-5-16(19)20)24(2)18(25)9-7-13-6-8-17(21)22-10-13/h3-12,23H,1-2H3,(H2,21,22). The second-order valence-corrected chi connectivity index (χ2v) is 5.88. The lowest BCUT2D eigenvalue weighted by atomic mass is 10.1. The first kappa shape index (κ1) is 16.7. The first-order valence-corrected chi connectivity index (χ1v) is 7.89. The number of hydrogen-bond donors (Lipinski definition) is 2. The Morgan fingerprint density at radius 1 is 1.36 bits per heavy atom. The number of hydrogen-bond acceptors (Lipinski definition) is 3. The number of carbonyl (C=O) groups excluding carboxylic acids is 1. The van der Waals surface area contributed by atoms with Crippen molar-refractivity contribution in [1.29, 1.82) is 0 Å². The molecule has 0 aliphatic carbocycles. The number of anilines is 1. The van der Waals surface area contributed by atoms with Crippen molar-refractivity contribution in [3.8, 4) is 0 Å². The fraction of sp³-hybridized carbons (Fsp3) is 0.158. The molecule has 1 aromatic carbocycles. The number of aromatic nitrogens is 2. The highest BCUT2D eigenvalue weighted by atomic mass is 19.1. The number of H-pyrrole nitrogens is 1. The monoisotopic (exact) mass is 338 g/mol. The second kappa shape index (κ2) is 6.76. The molecular formula is C19H19FN4O. The predicted octanol–water partition coefficient (Wildman–Crippen LogP) is 3.52. The number of halogens is 1. The van der Waals surface area contributed by atoms with E-state index in [1.54, 1.807) is 48.6 Å². The van der Waals surface area contributed by atoms with E-state index in [1.807, 2.05) is 13.0 Å². The number of para-hydroxylation sites is 1. The van der Waals surface area contributed by atoms with E-state index in [0.29, 0.717) is 11.3 Å². The predicted molar refractivity (Wildman–Crippen MR) is 97.1 cm³/mol. The summed E-state index contributed by atoms with van der Waals surface area (Å²) in [4.78, 5) is 21.0. The summed E-state index contributed by atoms with van der Waals surface area (Å²) in [5, 5.41) is 0.777. The number of carbonyl (C=O) groups is 1. The highest BCUT2D eigenvalue weighted by Crippen LogP contribution is 2.28. The van der Waals surface area contributed by atoms with E-state index < -0.39 is 0 Å². The molecule has 1 atom stereocenters. The van der Waals surface area contributed by atoms with Gasteiger partial charge in [-0.3, -0.25) is 4.79 Å². The van der Waals surface area contributed by atoms with E-state index in [9.17, 15) is 9.18 Å². The molecule has 0 spiro atoms. The normalized spacial score (nSPS) is 12.6. The molecule has 3 rings (SSSR count). The van der Waals surface area contributed by atoms with Crippen molar-refractivity contribution in [3.05, 3.63) is 65.7 Å². The molecule has 3 N–H and O–H groups in total. The number of pyridine rings is 1. The third-order valence-electron chi connectivity index (χ3n) is 4.30. The first-order valence-electron chi connectivity index (χ1n) is 7.89. The lowest BCUT2D eigenvalue weighted by Gasteiger charge is -2.23. The molecule has 128 valence electrons. The van der Waals surface area contributed by atoms with E-state index in [-0.39, 0.29) is 17.8 Å². The summed E-state index contributed by atoms with van der Waals surface area (Å²) < 4.78 is 13.8. The highest BCUT2D eigenvalue weighted by molar-refractivity contribution is 5.92. The lowest BCUT2D eigenvalue weighted by molar-refractivity contribution is -0.126. The molecule has 0 aliphatic heterocycles. The third kappa shape index (κ3) is 3.38. The number of nitrogens with zero attached hydrogens (tertiary/aromatic N) is 2. The molecule has 0 saturated heterocycles. The van der Waals surface area contributed by atoms with Crippen LogP contribution in [0.25, 0.3) is 17.0 Å². The Balaban J connectivity index is 1.79. The summed E-state index contributed by atoms with van der Waals surface area (Å²) in [6.07, 6.45) is 6.52. The minimum Gasteiger partial charge on any atom is -0.384 e. The van der Waals surface area contributed by atoms with Crippen LogP contribution >= 0.6 is 0 Å². The number of fused-ring (bicyclic) bond motifs is 1. The van der Waals surface area contributed by atoms with Crippen molar-refractivity contribution in [2.24, 2.45) is 0 Å². The van der Waals surface area contributed by atoms with Crippen LogP contribution in [0.4, 0.5) is 10.2 Å². The molecular weight excluding hydrogens is 319 g/mol. The minimum absolute atomic E-state index is 0.157. The van der Waals surface area contributed by atoms with Crippen molar-refractivity contribution < 1.29 is 9.18 Å². The molecule has 0 saturated carbocycles. The highest BCUT2D eigenvalue weighted by Gasteiger charge is 2.19. The van der Waals surface area contributed by atoms with E-state index >= 15 is 0 Å². The first-order chi connectivity index (χ1) is 12.0. The number of rotatable bonds is 4. The van der Waals surface area contributed by atoms with Gasteiger partial charge in [0.25, 0.3) is 0 Å². The Hall–Kier alpha value is -3.15. The zero-order valence-electron chi connectivity index (χ0n) is 14.0. The average molecular weight is 338 g/mol. The van der Waals surface area contributed by atoms with Crippen LogP contribution in [0.15, 0.2) is 48.8 Å². The molecule has 25 heavy (non-hydrogen) atoms. The van der Waals surface area contributed by atoms with Crippen LogP contribution in [-0.4, -0.2) is 27.8 Å². The van der Waals surface area contributed by atoms with Gasteiger partial charge >= 0.3 is 0 Å². The molecule has 3 aromatic rings. The third-order valence-corrected chi connectivity index (χ3v) is 4.30. The average Bonchev–Trinajstić information content (AvgIpc) is 3.05. The van der Waals surface area contributed by atoms with Gasteiger partial charge in [0, 0.05) is 30.9 Å². The van der Waals surface area contributed by atoms with Crippen LogP contribution in [-0.2, 0) is 4.79 Å². The summed E-state index contributed by atoms with van der Waals surface area (Å²) in [6.45, 7) is 1.91. The summed E-state index contributed by atoms with van der Waals surface area (Å²) in [5.41, 5.74) is 7.65. The van der Waals surface area contributed by atoms with Crippen LogP contribution < -0.4 is 5.73 Å². The number of benzene rings is 1. The second-order valence-electron chi connectivity index (χ2n) is 5.88. The fourth-order valence-corrected chi connectivity index (χ4v) is 2.68. The van der Waals surface area contributed by atoms with Crippen LogP contribution in [0.1, 0.15) is 24.1 Å². The number of nitrogens with two attached hydrogens (primary N) is 1. The van der Waals surface area contributed by atoms with Crippen molar-refractivity contribution in [1.82, 2.24) is 14.9 Å². The zero-order valence-corrected chi connectivity index (χ0v) is 14.0. The van der Waals surface area contributed by atoms with Crippen molar-refractivity contribution >= 4 is 28.7 Å². The number of nitrogens with one attached hydrogen (secondary N) is 1. The zero-order chi connectivity index (χ0) is 18.0. The van der Waals surface area contributed by atoms with Gasteiger partial charge < -0.3 is 15.6 Å².